The summed E-state index contributed by atoms with van der Waals surface area (Å²) in [7, 11) is 1.71. The zero-order valence-electron chi connectivity index (χ0n) is 36.1. The lowest BCUT2D eigenvalue weighted by Crippen LogP contribution is -2.33. The van der Waals surface area contributed by atoms with Gasteiger partial charge in [0.25, 0.3) is 0 Å². The molecule has 2 unspecified atom stereocenters. The van der Waals surface area contributed by atoms with Crippen molar-refractivity contribution in [1.82, 2.24) is 0 Å². The molecular weight excluding hydrogens is 863 g/mol. The molecule has 6 aromatic carbocycles. The van der Waals surface area contributed by atoms with Gasteiger partial charge < -0.3 is 14.2 Å². The highest BCUT2D eigenvalue weighted by Gasteiger charge is 2.46. The first-order valence-corrected chi connectivity index (χ1v) is 21.0. The van der Waals surface area contributed by atoms with Crippen LogP contribution in [0.4, 0.5) is 43.9 Å². The zero-order chi connectivity index (χ0) is 47.2. The third-order valence-corrected chi connectivity index (χ3v) is 11.6. The molecule has 13 heteroatoms. The molecule has 0 amide bonds. The van der Waals surface area contributed by atoms with Gasteiger partial charge in [-0.1, -0.05) is 135 Å². The van der Waals surface area contributed by atoms with Crippen LogP contribution in [0.2, 0.25) is 0 Å². The minimum atomic E-state index is -4.90. The molecule has 6 rings (SSSR count). The van der Waals surface area contributed by atoms with Crippen LogP contribution in [-0.4, -0.2) is 38.8 Å². The average Bonchev–Trinajstić information content (AvgIpc) is 3.28. The maximum atomic E-state index is 17.6. The lowest BCUT2D eigenvalue weighted by Gasteiger charge is -2.30. The molecule has 0 N–H and O–H groups in total. The van der Waals surface area contributed by atoms with Crippen molar-refractivity contribution in [2.24, 2.45) is 0 Å². The number of methoxy groups -OCH3 is 2. The third-order valence-electron chi connectivity index (χ3n) is 11.6. The SMILES string of the molecule is CCc1ccc(Cc2c(CC(OC)C(F)(F)F)ccc(Oc3ccc(CC(OC)C(F)(F)F)c(Cc4ccc(CC)cc4)c3C(F)(F)c3ccccc3)c2C(F)(F)c2ccccc2)cc1. The summed E-state index contributed by atoms with van der Waals surface area (Å²) in [5.41, 5.74) is -1.000. The summed E-state index contributed by atoms with van der Waals surface area (Å²) in [6.45, 7) is 3.83. The minimum Gasteiger partial charge on any atom is -0.456 e. The molecule has 0 heterocycles. The van der Waals surface area contributed by atoms with Gasteiger partial charge in [0.1, 0.15) is 11.5 Å². The smallest absolute Gasteiger partial charge is 0.414 e. The van der Waals surface area contributed by atoms with Crippen molar-refractivity contribution in [3.8, 4) is 11.5 Å². The maximum Gasteiger partial charge on any atom is 0.414 e. The van der Waals surface area contributed by atoms with E-state index in [9.17, 15) is 26.3 Å². The van der Waals surface area contributed by atoms with E-state index in [4.69, 9.17) is 14.2 Å². The Hall–Kier alpha value is -5.66. The molecule has 0 saturated heterocycles. The van der Waals surface area contributed by atoms with E-state index in [0.717, 1.165) is 61.7 Å². The van der Waals surface area contributed by atoms with Gasteiger partial charge in [0.2, 0.25) is 0 Å². The number of halogens is 10. The van der Waals surface area contributed by atoms with Gasteiger partial charge in [0.15, 0.2) is 12.2 Å². The molecule has 0 bridgehead atoms. The van der Waals surface area contributed by atoms with Gasteiger partial charge in [-0.2, -0.15) is 43.9 Å². The first-order chi connectivity index (χ1) is 30.8. The van der Waals surface area contributed by atoms with Gasteiger partial charge in [-0.3, -0.25) is 0 Å². The van der Waals surface area contributed by atoms with E-state index in [1.165, 1.54) is 48.5 Å². The molecule has 2 atom stereocenters. The molecule has 0 spiro atoms. The van der Waals surface area contributed by atoms with Gasteiger partial charge in [0, 0.05) is 38.2 Å². The third kappa shape index (κ3) is 11.2. The second-order valence-corrected chi connectivity index (χ2v) is 15.8. The number of aryl methyl sites for hydroxylation is 2. The number of ether oxygens (including phenoxy) is 3. The Labute approximate surface area is 372 Å². The highest BCUT2D eigenvalue weighted by atomic mass is 19.4. The van der Waals surface area contributed by atoms with Crippen molar-refractivity contribution in [1.29, 1.82) is 0 Å². The number of hydrogen-bond acceptors (Lipinski definition) is 3. The largest absolute Gasteiger partial charge is 0.456 e. The van der Waals surface area contributed by atoms with Crippen LogP contribution < -0.4 is 4.74 Å². The number of benzene rings is 6. The molecule has 0 aliphatic carbocycles. The fourth-order valence-corrected chi connectivity index (χ4v) is 7.94. The highest BCUT2D eigenvalue weighted by Crippen LogP contribution is 2.50. The van der Waals surface area contributed by atoms with Crippen molar-refractivity contribution in [3.05, 3.63) is 200 Å². The Morgan fingerprint density at radius 1 is 0.415 bits per heavy atom. The monoisotopic (exact) mass is 910 g/mol. The van der Waals surface area contributed by atoms with Crippen molar-refractivity contribution < 1.29 is 58.1 Å². The molecular formula is C52H48F10O3. The molecule has 3 nitrogen and oxygen atoms in total. The summed E-state index contributed by atoms with van der Waals surface area (Å²) in [6, 6.07) is 31.1. The number of hydrogen-bond donors (Lipinski definition) is 0. The van der Waals surface area contributed by atoms with E-state index in [2.05, 4.69) is 0 Å². The number of alkyl halides is 10. The normalized spacial score (nSPS) is 13.4. The predicted molar refractivity (Wildman–Crippen MR) is 230 cm³/mol. The molecule has 6 aromatic rings. The van der Waals surface area contributed by atoms with Crippen LogP contribution in [0, 0.1) is 0 Å². The lowest BCUT2D eigenvalue weighted by molar-refractivity contribution is -0.212. The van der Waals surface area contributed by atoms with Crippen molar-refractivity contribution in [2.75, 3.05) is 14.2 Å². The predicted octanol–water partition coefficient (Wildman–Crippen LogP) is 14.3. The Bertz CT molecular complexity index is 2310. The summed E-state index contributed by atoms with van der Waals surface area (Å²) in [5.74, 6) is -9.36. The molecule has 0 saturated carbocycles. The Balaban J connectivity index is 1.68. The van der Waals surface area contributed by atoms with Gasteiger partial charge in [-0.15, -0.1) is 0 Å². The second-order valence-electron chi connectivity index (χ2n) is 15.8. The van der Waals surface area contributed by atoms with Crippen LogP contribution >= 0.6 is 0 Å². The van der Waals surface area contributed by atoms with Crippen LogP contribution in [0.3, 0.4) is 0 Å². The van der Waals surface area contributed by atoms with E-state index in [-0.39, 0.29) is 35.1 Å². The van der Waals surface area contributed by atoms with Crippen LogP contribution in [0.5, 0.6) is 11.5 Å². The van der Waals surface area contributed by atoms with E-state index in [1.54, 1.807) is 48.5 Å². The van der Waals surface area contributed by atoms with E-state index in [0.29, 0.717) is 24.0 Å². The molecule has 0 aliphatic rings. The standard InChI is InChI=1S/C52H48F10O3/c1-5-33-17-21-35(22-18-33)29-41-37(31-45(63-3)51(57,58)59)25-27-43(47(41)49(53,54)39-13-9-7-10-14-39)65-44-28-26-38(32-46(64-4)52(60,61)62)42(30-36-23-19-34(6-2)20-24-36)48(44)50(55,56)40-15-11-8-12-16-40/h7-28,45-46H,5-6,29-32H2,1-4H3. The molecule has 344 valence electrons. The van der Waals surface area contributed by atoms with Crippen LogP contribution in [-0.2, 0) is 59.8 Å². The molecule has 0 radical (unpaired) electrons. The number of rotatable bonds is 18. The zero-order valence-corrected chi connectivity index (χ0v) is 36.1. The van der Waals surface area contributed by atoms with Gasteiger partial charge in [0.05, 0.1) is 11.1 Å². The lowest BCUT2D eigenvalue weighted by atomic mass is 9.85. The van der Waals surface area contributed by atoms with Crippen LogP contribution in [0.1, 0.15) is 80.6 Å². The maximum absolute atomic E-state index is 17.6. The highest BCUT2D eigenvalue weighted by molar-refractivity contribution is 5.58. The van der Waals surface area contributed by atoms with Crippen molar-refractivity contribution in [3.63, 3.8) is 0 Å². The first kappa shape index (κ1) is 48.8. The van der Waals surface area contributed by atoms with Crippen LogP contribution in [0.15, 0.2) is 133 Å². The van der Waals surface area contributed by atoms with E-state index in [1.807, 2.05) is 13.8 Å². The fraction of sp³-hybridized carbons (Fsp3) is 0.308. The summed E-state index contributed by atoms with van der Waals surface area (Å²) in [5, 5.41) is 0. The fourth-order valence-electron chi connectivity index (χ4n) is 7.94. The summed E-state index contributed by atoms with van der Waals surface area (Å²) in [4.78, 5) is 0. The molecule has 0 fully saturated rings. The Kier molecular flexibility index (Phi) is 15.2. The first-order valence-electron chi connectivity index (χ1n) is 21.0. The Morgan fingerprint density at radius 3 is 1.03 bits per heavy atom. The van der Waals surface area contributed by atoms with Crippen molar-refractivity contribution >= 4 is 0 Å². The van der Waals surface area contributed by atoms with E-state index < -0.39 is 83.0 Å². The van der Waals surface area contributed by atoms with Gasteiger partial charge in [-0.25, -0.2) is 0 Å². The van der Waals surface area contributed by atoms with Gasteiger partial charge in [-0.05, 0) is 82.3 Å². The quantitative estimate of drug-likeness (QED) is 0.0804. The summed E-state index contributed by atoms with van der Waals surface area (Å²) in [6.07, 6.45) is -15.7. The Morgan fingerprint density at radius 2 is 0.738 bits per heavy atom. The minimum absolute atomic E-state index is 0.161. The second kappa shape index (κ2) is 20.2. The molecule has 65 heavy (non-hydrogen) atoms. The average molecular weight is 911 g/mol. The molecule has 0 aliphatic heterocycles. The van der Waals surface area contributed by atoms with Crippen molar-refractivity contribution in [2.45, 2.75) is 88.8 Å². The molecule has 0 aromatic heterocycles. The summed E-state index contributed by atoms with van der Waals surface area (Å²) >= 11 is 0. The van der Waals surface area contributed by atoms with Crippen LogP contribution in [0.25, 0.3) is 0 Å². The van der Waals surface area contributed by atoms with Gasteiger partial charge >= 0.3 is 24.2 Å². The topological polar surface area (TPSA) is 27.7 Å². The summed E-state index contributed by atoms with van der Waals surface area (Å²) < 4.78 is 172. The van der Waals surface area contributed by atoms with E-state index >= 15 is 17.6 Å².